The molecule has 3 rings (SSSR count). The zero-order valence-corrected chi connectivity index (χ0v) is 17.9. The molecule has 6 heteroatoms. The van der Waals surface area contributed by atoms with Crippen LogP contribution < -0.4 is 10.6 Å². The number of hydrogen-bond acceptors (Lipinski definition) is 4. The lowest BCUT2D eigenvalue weighted by Gasteiger charge is -2.36. The molecule has 2 amide bonds. The van der Waals surface area contributed by atoms with E-state index >= 15 is 0 Å². The second-order valence-electron chi connectivity index (χ2n) is 9.48. The van der Waals surface area contributed by atoms with Crippen molar-refractivity contribution in [2.75, 3.05) is 45.8 Å². The van der Waals surface area contributed by atoms with E-state index in [-0.39, 0.29) is 5.91 Å². The van der Waals surface area contributed by atoms with Gasteiger partial charge >= 0.3 is 0 Å². The van der Waals surface area contributed by atoms with Crippen molar-refractivity contribution in [3.05, 3.63) is 0 Å². The summed E-state index contributed by atoms with van der Waals surface area (Å²) in [7, 11) is 0. The minimum absolute atomic E-state index is 0.150. The second kappa shape index (κ2) is 10.6. The molecule has 2 N–H and O–H groups in total. The topological polar surface area (TPSA) is 64.7 Å². The summed E-state index contributed by atoms with van der Waals surface area (Å²) in [4.78, 5) is 29.3. The summed E-state index contributed by atoms with van der Waals surface area (Å²) in [5.74, 6) is 2.24. The van der Waals surface area contributed by atoms with Gasteiger partial charge < -0.3 is 15.5 Å². The summed E-state index contributed by atoms with van der Waals surface area (Å²) in [6, 6.07) is 0.356. The predicted molar refractivity (Wildman–Crippen MR) is 112 cm³/mol. The number of amides is 2. The van der Waals surface area contributed by atoms with Crippen LogP contribution in [-0.4, -0.2) is 73.5 Å². The van der Waals surface area contributed by atoms with Gasteiger partial charge in [0, 0.05) is 38.6 Å². The third kappa shape index (κ3) is 6.45. The largest absolute Gasteiger partial charge is 0.352 e. The van der Waals surface area contributed by atoms with E-state index in [0.717, 1.165) is 58.0 Å². The van der Waals surface area contributed by atoms with E-state index in [4.69, 9.17) is 0 Å². The van der Waals surface area contributed by atoms with Gasteiger partial charge in [-0.3, -0.25) is 14.5 Å². The number of nitrogens with one attached hydrogen (secondary N) is 2. The summed E-state index contributed by atoms with van der Waals surface area (Å²) in [6.07, 6.45) is 7.87. The molecule has 0 aromatic carbocycles. The molecular weight excluding hydrogens is 352 g/mol. The fourth-order valence-corrected chi connectivity index (χ4v) is 5.13. The van der Waals surface area contributed by atoms with Crippen molar-refractivity contribution < 1.29 is 9.59 Å². The van der Waals surface area contributed by atoms with Crippen molar-refractivity contribution in [1.29, 1.82) is 0 Å². The average Bonchev–Trinajstić information content (AvgIpc) is 2.69. The predicted octanol–water partition coefficient (Wildman–Crippen LogP) is 1.85. The molecule has 3 fully saturated rings. The normalized spacial score (nSPS) is 30.6. The Labute approximate surface area is 170 Å². The van der Waals surface area contributed by atoms with Crippen LogP contribution >= 0.6 is 0 Å². The lowest BCUT2D eigenvalue weighted by Crippen LogP contribution is -2.52. The van der Waals surface area contributed by atoms with Crippen molar-refractivity contribution in [3.63, 3.8) is 0 Å². The second-order valence-corrected chi connectivity index (χ2v) is 9.48. The Morgan fingerprint density at radius 1 is 1.11 bits per heavy atom. The standard InChI is InChI=1S/C22H40N4O2/c1-17-5-3-7-20(13-17)24-21(27)16-25-9-11-26(12-10-25)22(28)14-18(2)19-6-4-8-23-15-19/h17-20,23H,3-16H2,1-2H3,(H,24,27). The van der Waals surface area contributed by atoms with Crippen molar-refractivity contribution in [1.82, 2.24) is 20.4 Å². The van der Waals surface area contributed by atoms with E-state index in [1.807, 2.05) is 4.90 Å². The van der Waals surface area contributed by atoms with E-state index in [1.165, 1.54) is 25.7 Å². The molecule has 1 saturated carbocycles. The van der Waals surface area contributed by atoms with Crippen LogP contribution in [0.5, 0.6) is 0 Å². The van der Waals surface area contributed by atoms with Crippen LogP contribution in [0.3, 0.4) is 0 Å². The molecule has 0 aromatic heterocycles. The number of piperazine rings is 1. The third-order valence-corrected chi connectivity index (χ3v) is 7.03. The number of hydrogen-bond donors (Lipinski definition) is 2. The first-order chi connectivity index (χ1) is 13.5. The van der Waals surface area contributed by atoms with E-state index in [0.29, 0.717) is 36.8 Å². The van der Waals surface area contributed by atoms with Gasteiger partial charge in [0.05, 0.1) is 6.54 Å². The van der Waals surface area contributed by atoms with Crippen molar-refractivity contribution in [2.45, 2.75) is 64.8 Å². The Morgan fingerprint density at radius 2 is 1.89 bits per heavy atom. The highest BCUT2D eigenvalue weighted by Crippen LogP contribution is 2.24. The van der Waals surface area contributed by atoms with E-state index < -0.39 is 0 Å². The third-order valence-electron chi connectivity index (χ3n) is 7.03. The zero-order chi connectivity index (χ0) is 19.9. The quantitative estimate of drug-likeness (QED) is 0.724. The van der Waals surface area contributed by atoms with Crippen LogP contribution in [0.25, 0.3) is 0 Å². The van der Waals surface area contributed by atoms with E-state index in [2.05, 4.69) is 29.4 Å². The summed E-state index contributed by atoms with van der Waals surface area (Å²) in [5.41, 5.74) is 0. The van der Waals surface area contributed by atoms with Crippen molar-refractivity contribution in [3.8, 4) is 0 Å². The van der Waals surface area contributed by atoms with Crippen molar-refractivity contribution in [2.24, 2.45) is 17.8 Å². The summed E-state index contributed by atoms with van der Waals surface area (Å²) < 4.78 is 0. The van der Waals surface area contributed by atoms with Crippen LogP contribution in [0.15, 0.2) is 0 Å². The SMILES string of the molecule is CC1CCCC(NC(=O)CN2CCN(C(=O)CC(C)C3CCCNC3)CC2)C1. The van der Waals surface area contributed by atoms with Gasteiger partial charge in [-0.25, -0.2) is 0 Å². The van der Waals surface area contributed by atoms with Gasteiger partial charge in [-0.2, -0.15) is 0 Å². The first-order valence-corrected chi connectivity index (χ1v) is 11.5. The summed E-state index contributed by atoms with van der Waals surface area (Å²) >= 11 is 0. The fourth-order valence-electron chi connectivity index (χ4n) is 5.13. The van der Waals surface area contributed by atoms with Crippen LogP contribution in [0.4, 0.5) is 0 Å². The molecule has 2 heterocycles. The average molecular weight is 393 g/mol. The summed E-state index contributed by atoms with van der Waals surface area (Å²) in [5, 5.41) is 6.68. The Morgan fingerprint density at radius 3 is 2.57 bits per heavy atom. The van der Waals surface area contributed by atoms with Gasteiger partial charge in [0.25, 0.3) is 0 Å². The Kier molecular flexibility index (Phi) is 8.15. The Balaban J connectivity index is 1.34. The number of carbonyl (C=O) groups is 2. The van der Waals surface area contributed by atoms with Gasteiger partial charge in [0.2, 0.25) is 11.8 Å². The van der Waals surface area contributed by atoms with E-state index in [1.54, 1.807) is 0 Å². The van der Waals surface area contributed by atoms with Crippen LogP contribution in [0.2, 0.25) is 0 Å². The maximum absolute atomic E-state index is 12.7. The number of carbonyl (C=O) groups excluding carboxylic acids is 2. The molecule has 0 radical (unpaired) electrons. The van der Waals surface area contributed by atoms with Crippen LogP contribution in [-0.2, 0) is 9.59 Å². The molecule has 4 atom stereocenters. The molecule has 4 unspecified atom stereocenters. The summed E-state index contributed by atoms with van der Waals surface area (Å²) in [6.45, 7) is 10.3. The molecule has 28 heavy (non-hydrogen) atoms. The van der Waals surface area contributed by atoms with Crippen LogP contribution in [0.1, 0.15) is 58.8 Å². The molecule has 6 nitrogen and oxygen atoms in total. The monoisotopic (exact) mass is 392 g/mol. The highest BCUT2D eigenvalue weighted by Gasteiger charge is 2.27. The Bertz CT molecular complexity index is 513. The first-order valence-electron chi connectivity index (χ1n) is 11.5. The zero-order valence-electron chi connectivity index (χ0n) is 17.9. The van der Waals surface area contributed by atoms with Gasteiger partial charge in [-0.1, -0.05) is 26.7 Å². The number of piperidine rings is 1. The highest BCUT2D eigenvalue weighted by molar-refractivity contribution is 5.78. The smallest absolute Gasteiger partial charge is 0.234 e. The number of rotatable bonds is 6. The van der Waals surface area contributed by atoms with Gasteiger partial charge in [0.1, 0.15) is 0 Å². The maximum atomic E-state index is 12.7. The molecule has 2 aliphatic heterocycles. The lowest BCUT2D eigenvalue weighted by atomic mass is 9.85. The van der Waals surface area contributed by atoms with Gasteiger partial charge in [0.15, 0.2) is 0 Å². The first kappa shape index (κ1) is 21.6. The maximum Gasteiger partial charge on any atom is 0.234 e. The molecule has 0 bridgehead atoms. The molecule has 160 valence electrons. The molecular formula is C22H40N4O2. The van der Waals surface area contributed by atoms with Crippen LogP contribution in [0, 0.1) is 17.8 Å². The highest BCUT2D eigenvalue weighted by atomic mass is 16.2. The van der Waals surface area contributed by atoms with Crippen molar-refractivity contribution >= 4 is 11.8 Å². The van der Waals surface area contributed by atoms with E-state index in [9.17, 15) is 9.59 Å². The minimum atomic E-state index is 0.150. The molecule has 2 saturated heterocycles. The minimum Gasteiger partial charge on any atom is -0.352 e. The molecule has 0 aromatic rings. The molecule has 0 spiro atoms. The molecule has 1 aliphatic carbocycles. The molecule has 3 aliphatic rings. The van der Waals surface area contributed by atoms with Gasteiger partial charge in [-0.15, -0.1) is 0 Å². The fraction of sp³-hybridized carbons (Fsp3) is 0.909. The lowest BCUT2D eigenvalue weighted by molar-refractivity contribution is -0.134. The number of nitrogens with zero attached hydrogens (tertiary/aromatic N) is 2. The Hall–Kier alpha value is -1.14. The van der Waals surface area contributed by atoms with Gasteiger partial charge in [-0.05, 0) is 56.5 Å².